The molecule has 0 heterocycles. The summed E-state index contributed by atoms with van der Waals surface area (Å²) in [5, 5.41) is 5.33. The van der Waals surface area contributed by atoms with Crippen LogP contribution in [0.3, 0.4) is 0 Å². The van der Waals surface area contributed by atoms with Crippen LogP contribution in [0.5, 0.6) is 0 Å². The van der Waals surface area contributed by atoms with Crippen LogP contribution in [0.2, 0.25) is 0 Å². The fourth-order valence-corrected chi connectivity index (χ4v) is 1.53. The molecule has 0 aliphatic heterocycles. The Morgan fingerprint density at radius 3 is 2.72 bits per heavy atom. The van der Waals surface area contributed by atoms with Gasteiger partial charge in [-0.15, -0.1) is 0 Å². The zero-order valence-corrected chi connectivity index (χ0v) is 10.6. The first-order valence-corrected chi connectivity index (χ1v) is 5.95. The van der Waals surface area contributed by atoms with Gasteiger partial charge in [-0.05, 0) is 31.0 Å². The van der Waals surface area contributed by atoms with E-state index in [0.717, 1.165) is 18.5 Å². The summed E-state index contributed by atoms with van der Waals surface area (Å²) in [5.41, 5.74) is 2.09. The third-order valence-electron chi connectivity index (χ3n) is 2.40. The first-order valence-electron chi connectivity index (χ1n) is 5.95. The van der Waals surface area contributed by atoms with Crippen molar-refractivity contribution in [1.29, 1.82) is 0 Å². The van der Waals surface area contributed by atoms with Crippen LogP contribution >= 0.6 is 0 Å². The van der Waals surface area contributed by atoms with Gasteiger partial charge in [0.15, 0.2) is 0 Å². The molecule has 1 aromatic carbocycles. The molecule has 0 radical (unpaired) electrons. The van der Waals surface area contributed by atoms with Gasteiger partial charge in [-0.25, -0.2) is 8.78 Å². The van der Waals surface area contributed by atoms with Gasteiger partial charge in [0, 0.05) is 12.2 Å². The SMILES string of the molecule is CCCNc1cc(C)ccc1C(=O)NCC(F)F. The van der Waals surface area contributed by atoms with Crippen LogP contribution < -0.4 is 10.6 Å². The first kappa shape index (κ1) is 14.4. The van der Waals surface area contributed by atoms with E-state index in [9.17, 15) is 13.6 Å². The summed E-state index contributed by atoms with van der Waals surface area (Å²) >= 11 is 0. The molecule has 0 saturated heterocycles. The van der Waals surface area contributed by atoms with Crippen LogP contribution in [0.25, 0.3) is 0 Å². The summed E-state index contributed by atoms with van der Waals surface area (Å²) in [6, 6.07) is 5.27. The van der Waals surface area contributed by atoms with Gasteiger partial charge in [-0.2, -0.15) is 0 Å². The summed E-state index contributed by atoms with van der Waals surface area (Å²) < 4.78 is 24.1. The van der Waals surface area contributed by atoms with E-state index >= 15 is 0 Å². The minimum atomic E-state index is -2.54. The number of carbonyl (C=O) groups excluding carboxylic acids is 1. The van der Waals surface area contributed by atoms with E-state index in [1.54, 1.807) is 12.1 Å². The minimum Gasteiger partial charge on any atom is -0.384 e. The monoisotopic (exact) mass is 256 g/mol. The Hall–Kier alpha value is -1.65. The van der Waals surface area contributed by atoms with E-state index < -0.39 is 18.9 Å². The number of nitrogens with one attached hydrogen (secondary N) is 2. The molecule has 1 rings (SSSR count). The number of anilines is 1. The van der Waals surface area contributed by atoms with Gasteiger partial charge in [-0.1, -0.05) is 13.0 Å². The highest BCUT2D eigenvalue weighted by molar-refractivity contribution is 5.99. The molecule has 5 heteroatoms. The molecule has 0 atom stereocenters. The Morgan fingerprint density at radius 2 is 2.11 bits per heavy atom. The summed E-state index contributed by atoms with van der Waals surface area (Å²) in [7, 11) is 0. The molecule has 0 aliphatic carbocycles. The molecule has 0 fully saturated rings. The topological polar surface area (TPSA) is 41.1 Å². The zero-order chi connectivity index (χ0) is 13.5. The molecule has 0 unspecified atom stereocenters. The Balaban J connectivity index is 2.82. The van der Waals surface area contributed by atoms with Crippen molar-refractivity contribution >= 4 is 11.6 Å². The molecule has 2 N–H and O–H groups in total. The summed E-state index contributed by atoms with van der Waals surface area (Å²) in [6.45, 7) is 4.04. The maximum Gasteiger partial charge on any atom is 0.255 e. The molecule has 18 heavy (non-hydrogen) atoms. The second-order valence-corrected chi connectivity index (χ2v) is 4.08. The average molecular weight is 256 g/mol. The van der Waals surface area contributed by atoms with Crippen molar-refractivity contribution in [3.05, 3.63) is 29.3 Å². The number of alkyl halides is 2. The molecule has 0 bridgehead atoms. The summed E-state index contributed by atoms with van der Waals surface area (Å²) in [5.74, 6) is -0.478. The Kier molecular flexibility index (Phi) is 5.55. The van der Waals surface area contributed by atoms with Gasteiger partial charge in [0.1, 0.15) is 0 Å². The van der Waals surface area contributed by atoms with Crippen LogP contribution in [-0.2, 0) is 0 Å². The smallest absolute Gasteiger partial charge is 0.255 e. The predicted octanol–water partition coefficient (Wildman–Crippen LogP) is 2.81. The molecule has 0 spiro atoms. The van der Waals surface area contributed by atoms with Gasteiger partial charge in [0.25, 0.3) is 12.3 Å². The number of aryl methyl sites for hydroxylation is 1. The first-order chi connectivity index (χ1) is 8.54. The highest BCUT2D eigenvalue weighted by Crippen LogP contribution is 2.17. The van der Waals surface area contributed by atoms with Gasteiger partial charge in [0.2, 0.25) is 0 Å². The number of hydrogen-bond acceptors (Lipinski definition) is 2. The van der Waals surface area contributed by atoms with Gasteiger partial charge in [0.05, 0.1) is 12.1 Å². The van der Waals surface area contributed by atoms with E-state index in [1.165, 1.54) is 0 Å². The number of benzene rings is 1. The molecular weight excluding hydrogens is 238 g/mol. The maximum absolute atomic E-state index is 12.0. The maximum atomic E-state index is 12.0. The van der Waals surface area contributed by atoms with Crippen molar-refractivity contribution < 1.29 is 13.6 Å². The molecule has 100 valence electrons. The lowest BCUT2D eigenvalue weighted by atomic mass is 10.1. The number of halogens is 2. The van der Waals surface area contributed by atoms with Crippen molar-refractivity contribution in [3.63, 3.8) is 0 Å². The van der Waals surface area contributed by atoms with E-state index in [4.69, 9.17) is 0 Å². The highest BCUT2D eigenvalue weighted by Gasteiger charge is 2.12. The van der Waals surface area contributed by atoms with E-state index in [0.29, 0.717) is 11.3 Å². The number of amides is 1. The fourth-order valence-electron chi connectivity index (χ4n) is 1.53. The summed E-state index contributed by atoms with van der Waals surface area (Å²) in [4.78, 5) is 11.8. The number of hydrogen-bond donors (Lipinski definition) is 2. The van der Waals surface area contributed by atoms with Crippen LogP contribution in [-0.4, -0.2) is 25.4 Å². The van der Waals surface area contributed by atoms with E-state index in [2.05, 4.69) is 10.6 Å². The van der Waals surface area contributed by atoms with Crippen molar-refractivity contribution in [2.24, 2.45) is 0 Å². The largest absolute Gasteiger partial charge is 0.384 e. The standard InChI is InChI=1S/C13H18F2N2O/c1-3-6-16-11-7-9(2)4-5-10(11)13(18)17-8-12(14)15/h4-5,7,12,16H,3,6,8H2,1-2H3,(H,17,18). The quantitative estimate of drug-likeness (QED) is 0.821. The van der Waals surface area contributed by atoms with Crippen LogP contribution in [0.4, 0.5) is 14.5 Å². The lowest BCUT2D eigenvalue weighted by Gasteiger charge is -2.12. The highest BCUT2D eigenvalue weighted by atomic mass is 19.3. The Morgan fingerprint density at radius 1 is 1.39 bits per heavy atom. The van der Waals surface area contributed by atoms with Gasteiger partial charge < -0.3 is 10.6 Å². The molecule has 0 aromatic heterocycles. The van der Waals surface area contributed by atoms with E-state index in [-0.39, 0.29) is 0 Å². The Labute approximate surface area is 106 Å². The zero-order valence-electron chi connectivity index (χ0n) is 10.6. The molecular formula is C13H18F2N2O. The fraction of sp³-hybridized carbons (Fsp3) is 0.462. The van der Waals surface area contributed by atoms with Gasteiger partial charge >= 0.3 is 0 Å². The van der Waals surface area contributed by atoms with Gasteiger partial charge in [-0.3, -0.25) is 4.79 Å². The lowest BCUT2D eigenvalue weighted by Crippen LogP contribution is -2.29. The molecule has 1 amide bonds. The molecule has 3 nitrogen and oxygen atoms in total. The van der Waals surface area contributed by atoms with Crippen LogP contribution in [0, 0.1) is 6.92 Å². The summed E-state index contributed by atoms with van der Waals surface area (Å²) in [6.07, 6.45) is -1.61. The molecule has 0 saturated carbocycles. The van der Waals surface area contributed by atoms with Crippen molar-refractivity contribution in [2.45, 2.75) is 26.7 Å². The second kappa shape index (κ2) is 6.93. The second-order valence-electron chi connectivity index (χ2n) is 4.08. The third-order valence-corrected chi connectivity index (χ3v) is 2.40. The number of carbonyl (C=O) groups is 1. The molecule has 0 aliphatic rings. The predicted molar refractivity (Wildman–Crippen MR) is 68.3 cm³/mol. The average Bonchev–Trinajstić information content (AvgIpc) is 2.33. The minimum absolute atomic E-state index is 0.398. The normalized spacial score (nSPS) is 10.5. The van der Waals surface area contributed by atoms with Crippen LogP contribution in [0.1, 0.15) is 29.3 Å². The van der Waals surface area contributed by atoms with Crippen LogP contribution in [0.15, 0.2) is 18.2 Å². The van der Waals surface area contributed by atoms with Crippen molar-refractivity contribution in [3.8, 4) is 0 Å². The third kappa shape index (κ3) is 4.31. The lowest BCUT2D eigenvalue weighted by molar-refractivity contribution is 0.0892. The van der Waals surface area contributed by atoms with Crippen molar-refractivity contribution in [1.82, 2.24) is 5.32 Å². The van der Waals surface area contributed by atoms with E-state index in [1.807, 2.05) is 19.9 Å². The molecule has 1 aromatic rings. The number of rotatable bonds is 6. The van der Waals surface area contributed by atoms with Crippen molar-refractivity contribution in [2.75, 3.05) is 18.4 Å². The Bertz CT molecular complexity index is 408.